The first-order valence-corrected chi connectivity index (χ1v) is 5.58. The van der Waals surface area contributed by atoms with E-state index in [0.29, 0.717) is 0 Å². The van der Waals surface area contributed by atoms with E-state index in [9.17, 15) is 26.7 Å². The minimum Gasteiger partial charge on any atom is -0.437 e. The fourth-order valence-corrected chi connectivity index (χ4v) is 0.799. The van der Waals surface area contributed by atoms with Gasteiger partial charge >= 0.3 is 6.16 Å². The molecule has 0 aliphatic heterocycles. The van der Waals surface area contributed by atoms with E-state index in [0.717, 1.165) is 7.11 Å². The molecule has 3 nitrogen and oxygen atoms in total. The van der Waals surface area contributed by atoms with Crippen LogP contribution in [0.3, 0.4) is 0 Å². The Balaban J connectivity index is 0.000000796. The van der Waals surface area contributed by atoms with Gasteiger partial charge in [0.1, 0.15) is 0 Å². The van der Waals surface area contributed by atoms with E-state index in [1.165, 1.54) is 12.8 Å². The molecule has 0 saturated heterocycles. The van der Waals surface area contributed by atoms with Crippen molar-refractivity contribution in [2.45, 2.75) is 26.7 Å². The predicted octanol–water partition coefficient (Wildman–Crippen LogP) is 4.33. The monoisotopic (exact) mass is 300 g/mol. The lowest BCUT2D eigenvalue weighted by molar-refractivity contribution is 0.116. The number of carbonyl (C=O) groups is 1. The summed E-state index contributed by atoms with van der Waals surface area (Å²) < 4.78 is 71.0. The Morgan fingerprint density at radius 1 is 0.850 bits per heavy atom. The van der Waals surface area contributed by atoms with Crippen molar-refractivity contribution in [3.8, 4) is 5.75 Å². The van der Waals surface area contributed by atoms with Gasteiger partial charge in [0.2, 0.25) is 34.8 Å². The second-order valence-corrected chi connectivity index (χ2v) is 3.46. The second-order valence-electron chi connectivity index (χ2n) is 3.46. The number of benzene rings is 1. The van der Waals surface area contributed by atoms with Crippen LogP contribution in [0.1, 0.15) is 26.7 Å². The molecule has 0 unspecified atom stereocenters. The topological polar surface area (TPSA) is 35.5 Å². The van der Waals surface area contributed by atoms with Crippen LogP contribution < -0.4 is 4.74 Å². The number of carbonyl (C=O) groups excluding carboxylic acids is 1. The molecule has 0 N–H and O–H groups in total. The van der Waals surface area contributed by atoms with Gasteiger partial charge in [-0.2, -0.15) is 8.78 Å². The molecule has 8 heteroatoms. The van der Waals surface area contributed by atoms with E-state index in [1.54, 1.807) is 0 Å². The summed E-state index contributed by atoms with van der Waals surface area (Å²) in [5.41, 5.74) is 0. The van der Waals surface area contributed by atoms with Crippen LogP contribution in [-0.2, 0) is 4.74 Å². The van der Waals surface area contributed by atoms with Gasteiger partial charge in [0.25, 0.3) is 0 Å². The van der Waals surface area contributed by atoms with E-state index in [1.807, 2.05) is 0 Å². The summed E-state index contributed by atoms with van der Waals surface area (Å²) in [5, 5.41) is 0. The quantitative estimate of drug-likeness (QED) is 0.268. The maximum absolute atomic E-state index is 12.8. The van der Waals surface area contributed by atoms with Crippen molar-refractivity contribution in [2.24, 2.45) is 0 Å². The van der Waals surface area contributed by atoms with Gasteiger partial charge in [0.05, 0.1) is 7.11 Å². The lowest BCUT2D eigenvalue weighted by atomic mass is 10.3. The molecule has 1 aromatic rings. The van der Waals surface area contributed by atoms with Crippen LogP contribution in [0, 0.1) is 29.1 Å². The lowest BCUT2D eigenvalue weighted by Gasteiger charge is -2.07. The van der Waals surface area contributed by atoms with Gasteiger partial charge in [0, 0.05) is 0 Å². The summed E-state index contributed by atoms with van der Waals surface area (Å²) in [6, 6.07) is 0. The zero-order valence-corrected chi connectivity index (χ0v) is 11.0. The van der Waals surface area contributed by atoms with Gasteiger partial charge in [-0.3, -0.25) is 0 Å². The van der Waals surface area contributed by atoms with Crippen molar-refractivity contribution in [1.29, 1.82) is 0 Å². The van der Waals surface area contributed by atoms with Crippen LogP contribution in [0.15, 0.2) is 0 Å². The summed E-state index contributed by atoms with van der Waals surface area (Å²) in [7, 11) is 0.800. The molecular formula is C12H13F5O3. The third-order valence-electron chi connectivity index (χ3n) is 2.02. The van der Waals surface area contributed by atoms with Crippen LogP contribution >= 0.6 is 0 Å². The van der Waals surface area contributed by atoms with E-state index in [2.05, 4.69) is 23.3 Å². The standard InChI is InChI=1S/C8H3F5O3.C4H10/c1-15-8(14)16-7-5(12)3(10)2(9)4(11)6(7)13;1-3-4-2/h1H3;3-4H2,1-2H3. The number of ether oxygens (including phenoxy) is 2. The fourth-order valence-electron chi connectivity index (χ4n) is 0.799. The minimum absolute atomic E-state index is 0.800. The largest absolute Gasteiger partial charge is 0.513 e. The van der Waals surface area contributed by atoms with Crippen LogP contribution in [0.25, 0.3) is 0 Å². The Morgan fingerprint density at radius 3 is 1.50 bits per heavy atom. The van der Waals surface area contributed by atoms with Crippen molar-refractivity contribution in [3.05, 3.63) is 29.1 Å². The molecule has 0 radical (unpaired) electrons. The first kappa shape index (κ1) is 18.1. The van der Waals surface area contributed by atoms with Crippen LogP contribution in [0.2, 0.25) is 0 Å². The maximum atomic E-state index is 12.8. The number of halogens is 5. The zero-order valence-electron chi connectivity index (χ0n) is 11.0. The first-order valence-electron chi connectivity index (χ1n) is 5.58. The Hall–Kier alpha value is -1.86. The highest BCUT2D eigenvalue weighted by atomic mass is 19.2. The number of hydrogen-bond acceptors (Lipinski definition) is 3. The molecule has 20 heavy (non-hydrogen) atoms. The van der Waals surface area contributed by atoms with Gasteiger partial charge in [-0.1, -0.05) is 26.7 Å². The molecule has 1 rings (SSSR count). The molecule has 0 spiro atoms. The smallest absolute Gasteiger partial charge is 0.437 e. The molecule has 114 valence electrons. The van der Waals surface area contributed by atoms with Gasteiger partial charge in [-0.15, -0.1) is 0 Å². The Morgan fingerprint density at radius 2 is 1.20 bits per heavy atom. The average molecular weight is 300 g/mol. The van der Waals surface area contributed by atoms with Gasteiger partial charge in [0.15, 0.2) is 0 Å². The third-order valence-corrected chi connectivity index (χ3v) is 2.02. The Bertz CT molecular complexity index is 446. The Kier molecular flexibility index (Phi) is 7.56. The molecule has 0 fully saturated rings. The summed E-state index contributed by atoms with van der Waals surface area (Å²) in [5.74, 6) is -13.0. The van der Waals surface area contributed by atoms with Crippen molar-refractivity contribution in [3.63, 3.8) is 0 Å². The van der Waals surface area contributed by atoms with Gasteiger partial charge in [-0.25, -0.2) is 18.0 Å². The minimum atomic E-state index is -2.34. The van der Waals surface area contributed by atoms with Gasteiger partial charge in [-0.05, 0) is 0 Å². The Labute approximate surface area is 112 Å². The SMILES string of the molecule is CCCC.COC(=O)Oc1c(F)c(F)c(F)c(F)c1F. The molecule has 0 saturated carbocycles. The van der Waals surface area contributed by atoms with Gasteiger partial charge < -0.3 is 9.47 Å². The third kappa shape index (κ3) is 4.36. The molecule has 0 aliphatic rings. The molecule has 0 aromatic heterocycles. The number of unbranched alkanes of at least 4 members (excludes halogenated alkanes) is 1. The van der Waals surface area contributed by atoms with Crippen LogP contribution in [0.4, 0.5) is 26.7 Å². The molecule has 0 bridgehead atoms. The van der Waals surface area contributed by atoms with Crippen LogP contribution in [-0.4, -0.2) is 13.3 Å². The number of rotatable bonds is 2. The lowest BCUT2D eigenvalue weighted by Crippen LogP contribution is -2.13. The van der Waals surface area contributed by atoms with Crippen LogP contribution in [0.5, 0.6) is 5.75 Å². The van der Waals surface area contributed by atoms with Crippen molar-refractivity contribution < 1.29 is 36.2 Å². The summed E-state index contributed by atoms with van der Waals surface area (Å²) in [6.07, 6.45) is 1.03. The van der Waals surface area contributed by atoms with Crippen molar-refractivity contribution in [2.75, 3.05) is 7.11 Å². The molecular weight excluding hydrogens is 287 g/mol. The fraction of sp³-hybridized carbons (Fsp3) is 0.417. The van der Waals surface area contributed by atoms with E-state index in [4.69, 9.17) is 0 Å². The molecule has 0 heterocycles. The summed E-state index contributed by atoms with van der Waals surface area (Å²) >= 11 is 0. The molecule has 0 aliphatic carbocycles. The maximum Gasteiger partial charge on any atom is 0.513 e. The second kappa shape index (κ2) is 8.34. The zero-order chi connectivity index (χ0) is 15.9. The van der Waals surface area contributed by atoms with E-state index in [-0.39, 0.29) is 0 Å². The highest BCUT2D eigenvalue weighted by molar-refractivity contribution is 5.63. The summed E-state index contributed by atoms with van der Waals surface area (Å²) in [4.78, 5) is 10.5. The van der Waals surface area contributed by atoms with Crippen molar-refractivity contribution in [1.82, 2.24) is 0 Å². The molecule has 0 atom stereocenters. The number of hydrogen-bond donors (Lipinski definition) is 0. The molecule has 0 amide bonds. The summed E-state index contributed by atoms with van der Waals surface area (Å²) in [6.45, 7) is 4.36. The highest BCUT2D eigenvalue weighted by Crippen LogP contribution is 2.29. The predicted molar refractivity (Wildman–Crippen MR) is 59.8 cm³/mol. The number of methoxy groups -OCH3 is 1. The molecule has 1 aromatic carbocycles. The van der Waals surface area contributed by atoms with Crippen molar-refractivity contribution >= 4 is 6.16 Å². The first-order chi connectivity index (χ1) is 9.31. The van der Waals surface area contributed by atoms with E-state index < -0.39 is 41.0 Å². The normalized spacial score (nSPS) is 9.60. The van der Waals surface area contributed by atoms with E-state index >= 15 is 0 Å². The average Bonchev–Trinajstić information content (AvgIpc) is 2.47. The highest BCUT2D eigenvalue weighted by Gasteiger charge is 2.28.